The molecular weight excluding hydrogens is 253 g/mol. The van der Waals surface area contributed by atoms with Crippen LogP contribution in [0.2, 0.25) is 5.02 Å². The smallest absolute Gasteiger partial charge is 0.185 e. The van der Waals surface area contributed by atoms with Crippen LogP contribution in [0, 0.1) is 5.82 Å². The van der Waals surface area contributed by atoms with Crippen molar-refractivity contribution < 1.29 is 9.18 Å². The van der Waals surface area contributed by atoms with E-state index in [0.717, 1.165) is 25.9 Å². The number of carbonyl (C=O) groups is 1. The van der Waals surface area contributed by atoms with Crippen LogP contribution in [-0.2, 0) is 0 Å². The van der Waals surface area contributed by atoms with Crippen LogP contribution in [0.25, 0.3) is 0 Å². The summed E-state index contributed by atoms with van der Waals surface area (Å²) in [6.07, 6.45) is 2.19. The van der Waals surface area contributed by atoms with Crippen LogP contribution in [0.1, 0.15) is 37.0 Å². The lowest BCUT2D eigenvalue weighted by Gasteiger charge is -2.34. The second-order valence-electron chi connectivity index (χ2n) is 5.21. The predicted octanol–water partition coefficient (Wildman–Crippen LogP) is 3.54. The maximum Gasteiger partial charge on any atom is 0.185 e. The lowest BCUT2D eigenvalue weighted by Crippen LogP contribution is -2.48. The molecule has 0 aliphatic carbocycles. The molecule has 1 aliphatic rings. The molecule has 1 heterocycles. The maximum absolute atomic E-state index is 13.8. The molecule has 0 saturated carbocycles. The topological polar surface area (TPSA) is 20.3 Å². The Hall–Kier alpha value is -0.930. The molecule has 0 atom stereocenters. The lowest BCUT2D eigenvalue weighted by molar-refractivity contribution is 0.0698. The minimum Gasteiger partial charge on any atom is -0.292 e. The summed E-state index contributed by atoms with van der Waals surface area (Å²) in [6.45, 7) is 5.51. The first-order valence-corrected chi connectivity index (χ1v) is 6.55. The van der Waals surface area contributed by atoms with E-state index in [0.29, 0.717) is 5.02 Å². The molecular formula is C14H17ClFNO. The molecule has 0 unspecified atom stereocenters. The Balaban J connectivity index is 2.29. The molecule has 0 amide bonds. The summed E-state index contributed by atoms with van der Waals surface area (Å²) in [7, 11) is 0. The van der Waals surface area contributed by atoms with Gasteiger partial charge in [-0.3, -0.25) is 9.69 Å². The molecule has 2 rings (SSSR count). The van der Waals surface area contributed by atoms with Gasteiger partial charge in [0.2, 0.25) is 0 Å². The molecule has 1 saturated heterocycles. The van der Waals surface area contributed by atoms with Crippen molar-refractivity contribution in [1.82, 2.24) is 4.90 Å². The number of nitrogens with zero attached hydrogens (tertiary/aromatic N) is 1. The number of hydrogen-bond acceptors (Lipinski definition) is 2. The number of halogens is 2. The third-order valence-electron chi connectivity index (χ3n) is 3.63. The van der Waals surface area contributed by atoms with Gasteiger partial charge in [0, 0.05) is 5.02 Å². The summed E-state index contributed by atoms with van der Waals surface area (Å²) < 4.78 is 13.8. The van der Waals surface area contributed by atoms with E-state index >= 15 is 0 Å². The Morgan fingerprint density at radius 1 is 1.33 bits per heavy atom. The van der Waals surface area contributed by atoms with Gasteiger partial charge in [-0.25, -0.2) is 4.39 Å². The average molecular weight is 270 g/mol. The van der Waals surface area contributed by atoms with Gasteiger partial charge in [-0.15, -0.1) is 0 Å². The number of benzene rings is 1. The van der Waals surface area contributed by atoms with Crippen LogP contribution in [0.15, 0.2) is 18.2 Å². The zero-order valence-corrected chi connectivity index (χ0v) is 11.4. The van der Waals surface area contributed by atoms with Gasteiger partial charge in [-0.05, 0) is 58.0 Å². The zero-order valence-electron chi connectivity index (χ0n) is 10.7. The first-order chi connectivity index (χ1) is 8.43. The molecule has 1 aliphatic heterocycles. The molecule has 98 valence electrons. The molecule has 0 bridgehead atoms. The second kappa shape index (κ2) is 4.98. The van der Waals surface area contributed by atoms with E-state index in [9.17, 15) is 9.18 Å². The largest absolute Gasteiger partial charge is 0.292 e. The summed E-state index contributed by atoms with van der Waals surface area (Å²) in [6, 6.07) is 4.21. The normalized spacial score (nSPS) is 17.1. The van der Waals surface area contributed by atoms with Crippen molar-refractivity contribution in [2.24, 2.45) is 0 Å². The molecule has 1 fully saturated rings. The van der Waals surface area contributed by atoms with E-state index in [4.69, 9.17) is 11.6 Å². The molecule has 4 heteroatoms. The van der Waals surface area contributed by atoms with Crippen molar-refractivity contribution in [3.63, 3.8) is 0 Å². The van der Waals surface area contributed by atoms with Crippen LogP contribution < -0.4 is 0 Å². The lowest BCUT2D eigenvalue weighted by atomic mass is 9.91. The second-order valence-corrected chi connectivity index (χ2v) is 5.64. The summed E-state index contributed by atoms with van der Waals surface area (Å²) in [5, 5.41) is 0.308. The van der Waals surface area contributed by atoms with E-state index in [1.54, 1.807) is 6.07 Å². The Morgan fingerprint density at radius 3 is 2.50 bits per heavy atom. The molecule has 0 spiro atoms. The van der Waals surface area contributed by atoms with Gasteiger partial charge in [0.05, 0.1) is 11.1 Å². The predicted molar refractivity (Wildman–Crippen MR) is 70.6 cm³/mol. The standard InChI is InChI=1S/C14H17ClFNO/c1-14(2,17-7-3-4-8-17)13(18)11-6-5-10(15)9-12(11)16/h5-6,9H,3-4,7-8H2,1-2H3. The number of likely N-dealkylation sites (tertiary alicyclic amines) is 1. The minimum atomic E-state index is -0.662. The molecule has 18 heavy (non-hydrogen) atoms. The van der Waals surface area contributed by atoms with Crippen molar-refractivity contribution in [3.8, 4) is 0 Å². The van der Waals surface area contributed by atoms with Crippen LogP contribution in [0.5, 0.6) is 0 Å². The summed E-state index contributed by atoms with van der Waals surface area (Å²) in [4.78, 5) is 14.6. The van der Waals surface area contributed by atoms with E-state index in [1.807, 2.05) is 13.8 Å². The quantitative estimate of drug-likeness (QED) is 0.783. The van der Waals surface area contributed by atoms with E-state index < -0.39 is 11.4 Å². The van der Waals surface area contributed by atoms with Gasteiger partial charge in [-0.2, -0.15) is 0 Å². The third-order valence-corrected chi connectivity index (χ3v) is 3.86. The Morgan fingerprint density at radius 2 is 1.94 bits per heavy atom. The van der Waals surface area contributed by atoms with Crippen molar-refractivity contribution in [1.29, 1.82) is 0 Å². The van der Waals surface area contributed by atoms with E-state index in [1.165, 1.54) is 12.1 Å². The van der Waals surface area contributed by atoms with Crippen LogP contribution in [-0.4, -0.2) is 29.3 Å². The van der Waals surface area contributed by atoms with Crippen LogP contribution >= 0.6 is 11.6 Å². The van der Waals surface area contributed by atoms with Crippen molar-refractivity contribution in [3.05, 3.63) is 34.6 Å². The summed E-state index contributed by atoms with van der Waals surface area (Å²) >= 11 is 5.70. The SMILES string of the molecule is CC(C)(C(=O)c1ccc(Cl)cc1F)N1CCCC1. The van der Waals surface area contributed by atoms with Gasteiger partial charge in [0.1, 0.15) is 5.82 Å². The van der Waals surface area contributed by atoms with Gasteiger partial charge < -0.3 is 0 Å². The molecule has 1 aromatic rings. The van der Waals surface area contributed by atoms with Crippen molar-refractivity contribution in [2.75, 3.05) is 13.1 Å². The number of ketones is 1. The molecule has 0 radical (unpaired) electrons. The maximum atomic E-state index is 13.8. The highest BCUT2D eigenvalue weighted by Gasteiger charge is 2.37. The number of carbonyl (C=O) groups excluding carboxylic acids is 1. The molecule has 1 aromatic carbocycles. The fourth-order valence-corrected chi connectivity index (χ4v) is 2.58. The van der Waals surface area contributed by atoms with Gasteiger partial charge in [0.15, 0.2) is 5.78 Å². The highest BCUT2D eigenvalue weighted by molar-refractivity contribution is 6.30. The zero-order chi connectivity index (χ0) is 13.3. The van der Waals surface area contributed by atoms with E-state index in [2.05, 4.69) is 4.90 Å². The molecule has 0 N–H and O–H groups in total. The number of rotatable bonds is 3. The van der Waals surface area contributed by atoms with E-state index in [-0.39, 0.29) is 11.3 Å². The Bertz CT molecular complexity index is 467. The highest BCUT2D eigenvalue weighted by Crippen LogP contribution is 2.26. The Labute approximate surface area is 112 Å². The Kier molecular flexibility index (Phi) is 3.74. The van der Waals surface area contributed by atoms with Crippen LogP contribution in [0.4, 0.5) is 4.39 Å². The van der Waals surface area contributed by atoms with Crippen molar-refractivity contribution >= 4 is 17.4 Å². The fraction of sp³-hybridized carbons (Fsp3) is 0.500. The van der Waals surface area contributed by atoms with Gasteiger partial charge >= 0.3 is 0 Å². The highest BCUT2D eigenvalue weighted by atomic mass is 35.5. The first kappa shape index (κ1) is 13.5. The number of Topliss-reactive ketones (excluding diaryl/α,β-unsaturated/α-hetero) is 1. The molecule has 0 aromatic heterocycles. The first-order valence-electron chi connectivity index (χ1n) is 6.18. The fourth-order valence-electron chi connectivity index (χ4n) is 2.42. The molecule has 2 nitrogen and oxygen atoms in total. The summed E-state index contributed by atoms with van der Waals surface area (Å²) in [5.41, 5.74) is -0.540. The number of hydrogen-bond donors (Lipinski definition) is 0. The van der Waals surface area contributed by atoms with Crippen LogP contribution in [0.3, 0.4) is 0 Å². The minimum absolute atomic E-state index is 0.122. The van der Waals surface area contributed by atoms with Gasteiger partial charge in [0.25, 0.3) is 0 Å². The monoisotopic (exact) mass is 269 g/mol. The van der Waals surface area contributed by atoms with Gasteiger partial charge in [-0.1, -0.05) is 11.6 Å². The van der Waals surface area contributed by atoms with Crippen molar-refractivity contribution in [2.45, 2.75) is 32.2 Å². The average Bonchev–Trinajstić information content (AvgIpc) is 2.82. The third kappa shape index (κ3) is 2.43. The summed E-state index contributed by atoms with van der Waals surface area (Å²) in [5.74, 6) is -0.724.